The lowest BCUT2D eigenvalue weighted by molar-refractivity contribution is -0.129. The topological polar surface area (TPSA) is 108 Å². The largest absolute Gasteiger partial charge is 0.491 e. The maximum atomic E-state index is 12.2. The Labute approximate surface area is 164 Å². The molecule has 3 atom stereocenters. The molecule has 2 saturated heterocycles. The second kappa shape index (κ2) is 8.91. The van der Waals surface area contributed by atoms with Gasteiger partial charge >= 0.3 is 5.97 Å². The Hall–Kier alpha value is -2.13. The van der Waals surface area contributed by atoms with E-state index in [-0.39, 0.29) is 17.6 Å². The summed E-state index contributed by atoms with van der Waals surface area (Å²) < 4.78 is 39.2. The van der Waals surface area contributed by atoms with Crippen LogP contribution in [0.25, 0.3) is 0 Å². The summed E-state index contributed by atoms with van der Waals surface area (Å²) in [6.45, 7) is 2.69. The first-order valence-electron chi connectivity index (χ1n) is 9.38. The monoisotopic (exact) mass is 411 g/mol. The number of hydrogen-bond acceptors (Lipinski definition) is 7. The third-order valence-electron chi connectivity index (χ3n) is 4.78. The molecule has 154 valence electrons. The van der Waals surface area contributed by atoms with Gasteiger partial charge in [0.1, 0.15) is 12.4 Å². The highest BCUT2D eigenvalue weighted by Gasteiger charge is 2.30. The number of benzene rings is 1. The average Bonchev–Trinajstić information content (AvgIpc) is 3.29. The van der Waals surface area contributed by atoms with Crippen LogP contribution in [0.1, 0.15) is 36.5 Å². The van der Waals surface area contributed by atoms with Gasteiger partial charge in [-0.2, -0.15) is 0 Å². The number of carbonyl (C=O) groups is 2. The minimum atomic E-state index is -3.09. The summed E-state index contributed by atoms with van der Waals surface area (Å²) in [6.07, 6.45) is 1.49. The van der Waals surface area contributed by atoms with Gasteiger partial charge in [0.15, 0.2) is 15.9 Å². The van der Waals surface area contributed by atoms with E-state index in [0.717, 1.165) is 19.4 Å². The van der Waals surface area contributed by atoms with Crippen molar-refractivity contribution >= 4 is 21.7 Å². The van der Waals surface area contributed by atoms with Crippen LogP contribution in [0, 0.1) is 0 Å². The molecule has 1 aromatic rings. The van der Waals surface area contributed by atoms with Gasteiger partial charge in [-0.25, -0.2) is 13.2 Å². The number of amides is 1. The minimum Gasteiger partial charge on any atom is -0.491 e. The molecule has 9 heteroatoms. The minimum absolute atomic E-state index is 0.0629. The van der Waals surface area contributed by atoms with E-state index in [4.69, 9.17) is 14.2 Å². The van der Waals surface area contributed by atoms with E-state index < -0.39 is 33.9 Å². The summed E-state index contributed by atoms with van der Waals surface area (Å²) in [5, 5.41) is 2.62. The Morgan fingerprint density at radius 1 is 1.25 bits per heavy atom. The number of sulfone groups is 1. The average molecular weight is 411 g/mol. The number of carbonyl (C=O) groups excluding carboxylic acids is 2. The van der Waals surface area contributed by atoms with Crippen LogP contribution in [0.3, 0.4) is 0 Å². The zero-order valence-electron chi connectivity index (χ0n) is 15.8. The highest BCUT2D eigenvalue weighted by molar-refractivity contribution is 7.91. The molecular weight excluding hydrogens is 386 g/mol. The first-order valence-corrected chi connectivity index (χ1v) is 11.2. The van der Waals surface area contributed by atoms with Crippen molar-refractivity contribution in [2.24, 2.45) is 0 Å². The van der Waals surface area contributed by atoms with Gasteiger partial charge in [-0.1, -0.05) is 0 Å². The van der Waals surface area contributed by atoms with Gasteiger partial charge in [-0.3, -0.25) is 4.79 Å². The first-order chi connectivity index (χ1) is 13.3. The summed E-state index contributed by atoms with van der Waals surface area (Å²) in [7, 11) is -3.09. The second-order valence-electron chi connectivity index (χ2n) is 7.13. The third kappa shape index (κ3) is 5.68. The van der Waals surface area contributed by atoms with Gasteiger partial charge in [-0.15, -0.1) is 0 Å². The quantitative estimate of drug-likeness (QED) is 0.669. The van der Waals surface area contributed by atoms with Gasteiger partial charge in [0, 0.05) is 12.6 Å². The first kappa shape index (κ1) is 20.6. The van der Waals surface area contributed by atoms with Crippen LogP contribution >= 0.6 is 0 Å². The number of nitrogens with one attached hydrogen (secondary N) is 1. The van der Waals surface area contributed by atoms with Crippen molar-refractivity contribution in [3.63, 3.8) is 0 Å². The Morgan fingerprint density at radius 3 is 2.61 bits per heavy atom. The number of ether oxygens (including phenoxy) is 3. The van der Waals surface area contributed by atoms with Crippen LogP contribution in [-0.2, 0) is 24.1 Å². The van der Waals surface area contributed by atoms with Gasteiger partial charge in [0.05, 0.1) is 23.2 Å². The van der Waals surface area contributed by atoms with Crippen molar-refractivity contribution in [1.29, 1.82) is 0 Å². The van der Waals surface area contributed by atoms with Crippen LogP contribution in [0.15, 0.2) is 24.3 Å². The van der Waals surface area contributed by atoms with E-state index in [1.54, 1.807) is 24.3 Å². The predicted molar refractivity (Wildman–Crippen MR) is 101 cm³/mol. The molecule has 28 heavy (non-hydrogen) atoms. The zero-order chi connectivity index (χ0) is 20.1. The summed E-state index contributed by atoms with van der Waals surface area (Å²) in [6, 6.07) is 6.04. The summed E-state index contributed by atoms with van der Waals surface area (Å²) in [5.74, 6) is -0.528. The van der Waals surface area contributed by atoms with E-state index >= 15 is 0 Å². The predicted octanol–water partition coefficient (Wildman–Crippen LogP) is 1.09. The Balaban J connectivity index is 1.45. The lowest BCUT2D eigenvalue weighted by Crippen LogP contribution is -2.42. The Morgan fingerprint density at radius 2 is 2.00 bits per heavy atom. The van der Waals surface area contributed by atoms with Crippen molar-refractivity contribution in [3.05, 3.63) is 29.8 Å². The van der Waals surface area contributed by atoms with E-state index in [1.165, 1.54) is 6.92 Å². The Kier molecular flexibility index (Phi) is 6.56. The zero-order valence-corrected chi connectivity index (χ0v) is 16.6. The standard InChI is InChI=1S/C19H25NO7S/c1-13(18(21)20-15-8-10-28(23,24)12-15)27-19(22)14-4-6-16(7-5-14)26-11-17-3-2-9-25-17/h4-7,13,15,17H,2-3,8-12H2,1H3,(H,20,21)/t13-,15+,17+/m1/s1. The maximum Gasteiger partial charge on any atom is 0.338 e. The molecule has 0 radical (unpaired) electrons. The van der Waals surface area contributed by atoms with E-state index in [2.05, 4.69) is 5.32 Å². The molecule has 2 aliphatic heterocycles. The maximum absolute atomic E-state index is 12.2. The fourth-order valence-electron chi connectivity index (χ4n) is 3.16. The van der Waals surface area contributed by atoms with Gasteiger partial charge in [0.25, 0.3) is 5.91 Å². The smallest absolute Gasteiger partial charge is 0.338 e. The van der Waals surface area contributed by atoms with Gasteiger partial charge in [0.2, 0.25) is 0 Å². The third-order valence-corrected chi connectivity index (χ3v) is 6.55. The van der Waals surface area contributed by atoms with E-state index in [1.807, 2.05) is 0 Å². The lowest BCUT2D eigenvalue weighted by atomic mass is 10.2. The summed E-state index contributed by atoms with van der Waals surface area (Å²) in [5.41, 5.74) is 0.299. The van der Waals surface area contributed by atoms with E-state index in [9.17, 15) is 18.0 Å². The van der Waals surface area contributed by atoms with Gasteiger partial charge < -0.3 is 19.5 Å². The molecule has 2 heterocycles. The van der Waals surface area contributed by atoms with Crippen LogP contribution in [-0.4, -0.2) is 63.3 Å². The molecule has 0 spiro atoms. The molecule has 2 fully saturated rings. The van der Waals surface area contributed by atoms with E-state index in [0.29, 0.717) is 24.3 Å². The normalized spacial score (nSPS) is 24.5. The summed E-state index contributed by atoms with van der Waals surface area (Å²) in [4.78, 5) is 24.3. The molecule has 8 nitrogen and oxygen atoms in total. The molecule has 0 bridgehead atoms. The molecule has 1 amide bonds. The SMILES string of the molecule is C[C@@H](OC(=O)c1ccc(OC[C@@H]2CCCO2)cc1)C(=O)N[C@H]1CCS(=O)(=O)C1. The molecule has 0 aromatic heterocycles. The molecule has 3 rings (SSSR count). The molecule has 0 aliphatic carbocycles. The molecule has 1 aromatic carbocycles. The van der Waals surface area contributed by atoms with Crippen LogP contribution in [0.2, 0.25) is 0 Å². The Bertz CT molecular complexity index is 800. The molecular formula is C19H25NO7S. The fourth-order valence-corrected chi connectivity index (χ4v) is 4.84. The van der Waals surface area contributed by atoms with Gasteiger partial charge in [-0.05, 0) is 50.5 Å². The van der Waals surface area contributed by atoms with Crippen molar-refractivity contribution in [2.45, 2.75) is 44.4 Å². The number of hydrogen-bond donors (Lipinski definition) is 1. The number of esters is 1. The highest BCUT2D eigenvalue weighted by Crippen LogP contribution is 2.17. The number of rotatable bonds is 7. The molecule has 1 N–H and O–H groups in total. The lowest BCUT2D eigenvalue weighted by Gasteiger charge is -2.16. The van der Waals surface area contributed by atoms with Crippen molar-refractivity contribution in [2.75, 3.05) is 24.7 Å². The van der Waals surface area contributed by atoms with Crippen molar-refractivity contribution in [1.82, 2.24) is 5.32 Å². The van der Waals surface area contributed by atoms with Crippen LogP contribution < -0.4 is 10.1 Å². The molecule has 2 aliphatic rings. The van der Waals surface area contributed by atoms with Crippen LogP contribution in [0.4, 0.5) is 0 Å². The van der Waals surface area contributed by atoms with Crippen LogP contribution in [0.5, 0.6) is 5.75 Å². The molecule has 0 unspecified atom stereocenters. The van der Waals surface area contributed by atoms with Crippen molar-refractivity contribution < 1.29 is 32.2 Å². The highest BCUT2D eigenvalue weighted by atomic mass is 32.2. The van der Waals surface area contributed by atoms with Crippen molar-refractivity contribution in [3.8, 4) is 5.75 Å². The fraction of sp³-hybridized carbons (Fsp3) is 0.579. The molecule has 0 saturated carbocycles. The summed E-state index contributed by atoms with van der Waals surface area (Å²) >= 11 is 0. The second-order valence-corrected chi connectivity index (χ2v) is 9.36.